The molecule has 0 unspecified atom stereocenters. The van der Waals surface area contributed by atoms with Crippen LogP contribution in [0.25, 0.3) is 0 Å². The average Bonchev–Trinajstić information content (AvgIpc) is 2.39. The van der Waals surface area contributed by atoms with Crippen LogP contribution in [0.5, 0.6) is 0 Å². The molecular formula is C11H16O3. The number of rotatable bonds is 0. The number of hydrogen-bond donors (Lipinski definition) is 0. The van der Waals surface area contributed by atoms with E-state index in [1.165, 1.54) is 0 Å². The third-order valence-electron chi connectivity index (χ3n) is 3.78. The first-order valence-corrected chi connectivity index (χ1v) is 5.32. The molecule has 1 saturated carbocycles. The molecule has 2 fully saturated rings. The Labute approximate surface area is 83.8 Å². The largest absolute Gasteiger partial charge is 0.465 e. The quantitative estimate of drug-likeness (QED) is 0.554. The number of ketones is 1. The Morgan fingerprint density at radius 1 is 1.36 bits per heavy atom. The van der Waals surface area contributed by atoms with Crippen molar-refractivity contribution in [3.05, 3.63) is 0 Å². The van der Waals surface area contributed by atoms with Gasteiger partial charge in [0.25, 0.3) is 0 Å². The van der Waals surface area contributed by atoms with Gasteiger partial charge in [0.1, 0.15) is 5.78 Å². The zero-order valence-electron chi connectivity index (χ0n) is 8.54. The summed E-state index contributed by atoms with van der Waals surface area (Å²) in [6, 6.07) is 0. The van der Waals surface area contributed by atoms with Gasteiger partial charge < -0.3 is 4.74 Å². The van der Waals surface area contributed by atoms with Crippen molar-refractivity contribution >= 4 is 11.8 Å². The summed E-state index contributed by atoms with van der Waals surface area (Å²) >= 11 is 0. The average molecular weight is 196 g/mol. The second-order valence-electron chi connectivity index (χ2n) is 4.61. The molecule has 0 aromatic rings. The maximum absolute atomic E-state index is 11.7. The molecule has 1 saturated heterocycles. The Hall–Kier alpha value is -0.860. The van der Waals surface area contributed by atoms with E-state index in [4.69, 9.17) is 4.74 Å². The predicted octanol–water partition coefficient (Wildman–Crippen LogP) is 1.70. The van der Waals surface area contributed by atoms with Crippen LogP contribution >= 0.6 is 0 Å². The fraction of sp³-hybridized carbons (Fsp3) is 0.818. The van der Waals surface area contributed by atoms with Gasteiger partial charge in [0.2, 0.25) is 0 Å². The third-order valence-corrected chi connectivity index (χ3v) is 3.78. The Morgan fingerprint density at radius 2 is 2.14 bits per heavy atom. The highest BCUT2D eigenvalue weighted by atomic mass is 16.5. The second kappa shape index (κ2) is 3.37. The maximum atomic E-state index is 11.7. The molecule has 3 heteroatoms. The first-order chi connectivity index (χ1) is 6.63. The molecule has 2 atom stereocenters. The van der Waals surface area contributed by atoms with E-state index in [9.17, 15) is 9.59 Å². The van der Waals surface area contributed by atoms with Crippen LogP contribution in [0.3, 0.4) is 0 Å². The molecule has 3 nitrogen and oxygen atoms in total. The van der Waals surface area contributed by atoms with Crippen LogP contribution in [0.15, 0.2) is 0 Å². The Kier molecular flexibility index (Phi) is 2.33. The highest BCUT2D eigenvalue weighted by Crippen LogP contribution is 2.44. The van der Waals surface area contributed by atoms with Crippen molar-refractivity contribution in [3.63, 3.8) is 0 Å². The van der Waals surface area contributed by atoms with E-state index in [0.29, 0.717) is 25.2 Å². The monoisotopic (exact) mass is 196 g/mol. The highest BCUT2D eigenvalue weighted by molar-refractivity contribution is 5.87. The molecule has 1 heterocycles. The number of carbonyl (C=O) groups is 2. The van der Waals surface area contributed by atoms with E-state index in [2.05, 4.69) is 0 Å². The number of Topliss-reactive ketones (excluding diaryl/α,β-unsaturated/α-hetero) is 1. The number of cyclic esters (lactones) is 1. The maximum Gasteiger partial charge on any atom is 0.305 e. The van der Waals surface area contributed by atoms with Crippen LogP contribution in [-0.4, -0.2) is 18.4 Å². The molecule has 0 aromatic heterocycles. The zero-order chi connectivity index (χ0) is 10.2. The van der Waals surface area contributed by atoms with Crippen molar-refractivity contribution in [2.24, 2.45) is 11.3 Å². The van der Waals surface area contributed by atoms with Gasteiger partial charge in [0.05, 0.1) is 6.61 Å². The lowest BCUT2D eigenvalue weighted by Gasteiger charge is -2.31. The standard InChI is InChI=1S/C11H16O3/c1-11-6-2-3-10(13)14-7-8(11)4-5-9(11)12/h8H,2-7H2,1H3/t8-,11+/m1/s1. The number of fused-ring (bicyclic) bond motifs is 1. The van der Waals surface area contributed by atoms with Gasteiger partial charge in [-0.2, -0.15) is 0 Å². The van der Waals surface area contributed by atoms with E-state index < -0.39 is 0 Å². The summed E-state index contributed by atoms with van der Waals surface area (Å²) in [5, 5.41) is 0. The first kappa shape index (κ1) is 9.69. The predicted molar refractivity (Wildman–Crippen MR) is 50.6 cm³/mol. The molecule has 0 spiro atoms. The summed E-state index contributed by atoms with van der Waals surface area (Å²) in [5.74, 6) is 0.520. The fourth-order valence-corrected chi connectivity index (χ4v) is 2.61. The number of esters is 1. The van der Waals surface area contributed by atoms with E-state index in [0.717, 1.165) is 19.3 Å². The topological polar surface area (TPSA) is 43.4 Å². The smallest absolute Gasteiger partial charge is 0.305 e. The number of ether oxygens (including phenoxy) is 1. The van der Waals surface area contributed by atoms with Gasteiger partial charge in [-0.3, -0.25) is 9.59 Å². The van der Waals surface area contributed by atoms with Crippen LogP contribution in [0.2, 0.25) is 0 Å². The Balaban J connectivity index is 2.15. The highest BCUT2D eigenvalue weighted by Gasteiger charge is 2.46. The van der Waals surface area contributed by atoms with Crippen molar-refractivity contribution in [2.45, 2.75) is 39.0 Å². The van der Waals surface area contributed by atoms with Gasteiger partial charge in [-0.25, -0.2) is 0 Å². The van der Waals surface area contributed by atoms with Gasteiger partial charge in [-0.1, -0.05) is 6.92 Å². The van der Waals surface area contributed by atoms with Gasteiger partial charge in [0, 0.05) is 24.2 Å². The van der Waals surface area contributed by atoms with Crippen LogP contribution in [-0.2, 0) is 14.3 Å². The second-order valence-corrected chi connectivity index (χ2v) is 4.61. The van der Waals surface area contributed by atoms with Crippen LogP contribution in [0.1, 0.15) is 39.0 Å². The molecular weight excluding hydrogens is 180 g/mol. The van der Waals surface area contributed by atoms with E-state index in [-0.39, 0.29) is 17.3 Å². The van der Waals surface area contributed by atoms with Crippen molar-refractivity contribution in [1.82, 2.24) is 0 Å². The lowest BCUT2D eigenvalue weighted by Crippen LogP contribution is -2.34. The summed E-state index contributed by atoms with van der Waals surface area (Å²) < 4.78 is 5.12. The molecule has 0 aromatic carbocycles. The van der Waals surface area contributed by atoms with Gasteiger partial charge in [0.15, 0.2) is 0 Å². The summed E-state index contributed by atoms with van der Waals surface area (Å²) in [5.41, 5.74) is -0.208. The van der Waals surface area contributed by atoms with E-state index >= 15 is 0 Å². The molecule has 2 aliphatic rings. The normalized spacial score (nSPS) is 38.5. The lowest BCUT2D eigenvalue weighted by molar-refractivity contribution is -0.149. The first-order valence-electron chi connectivity index (χ1n) is 5.32. The van der Waals surface area contributed by atoms with E-state index in [1.807, 2.05) is 6.92 Å². The van der Waals surface area contributed by atoms with E-state index in [1.54, 1.807) is 0 Å². The summed E-state index contributed by atoms with van der Waals surface area (Å²) in [7, 11) is 0. The minimum atomic E-state index is -0.208. The van der Waals surface area contributed by atoms with Crippen molar-refractivity contribution in [3.8, 4) is 0 Å². The van der Waals surface area contributed by atoms with Crippen LogP contribution in [0, 0.1) is 11.3 Å². The molecule has 1 aliphatic carbocycles. The van der Waals surface area contributed by atoms with Crippen LogP contribution < -0.4 is 0 Å². The molecule has 0 N–H and O–H groups in total. The summed E-state index contributed by atoms with van der Waals surface area (Å²) in [4.78, 5) is 22.8. The van der Waals surface area contributed by atoms with Crippen molar-refractivity contribution < 1.29 is 14.3 Å². The van der Waals surface area contributed by atoms with Gasteiger partial charge in [-0.05, 0) is 19.3 Å². The van der Waals surface area contributed by atoms with Gasteiger partial charge in [-0.15, -0.1) is 0 Å². The zero-order valence-corrected chi connectivity index (χ0v) is 8.54. The minimum absolute atomic E-state index is 0.105. The lowest BCUT2D eigenvalue weighted by atomic mass is 9.75. The molecule has 1 aliphatic heterocycles. The molecule has 0 bridgehead atoms. The van der Waals surface area contributed by atoms with Crippen molar-refractivity contribution in [1.29, 1.82) is 0 Å². The number of carbonyl (C=O) groups excluding carboxylic acids is 2. The Morgan fingerprint density at radius 3 is 2.93 bits per heavy atom. The summed E-state index contributed by atoms with van der Waals surface area (Å²) in [6.45, 7) is 2.48. The van der Waals surface area contributed by atoms with Gasteiger partial charge >= 0.3 is 5.97 Å². The third kappa shape index (κ3) is 1.45. The SMILES string of the molecule is C[C@]12CCCC(=O)OC[C@H]1CCC2=O. The molecule has 0 amide bonds. The minimum Gasteiger partial charge on any atom is -0.465 e. The molecule has 0 radical (unpaired) electrons. The number of hydrogen-bond acceptors (Lipinski definition) is 3. The molecule has 2 rings (SSSR count). The Bertz CT molecular complexity index is 272. The van der Waals surface area contributed by atoms with Crippen LogP contribution in [0.4, 0.5) is 0 Å². The molecule has 14 heavy (non-hydrogen) atoms. The fourth-order valence-electron chi connectivity index (χ4n) is 2.61. The van der Waals surface area contributed by atoms with Crippen molar-refractivity contribution in [2.75, 3.05) is 6.61 Å². The molecule has 78 valence electrons. The summed E-state index contributed by atoms with van der Waals surface area (Å²) in [6.07, 6.45) is 3.67.